The molecule has 0 unspecified atom stereocenters. The fourth-order valence-corrected chi connectivity index (χ4v) is 6.82. The second-order valence-electron chi connectivity index (χ2n) is 10.4. The first kappa shape index (κ1) is 19.4. The summed E-state index contributed by atoms with van der Waals surface area (Å²) in [4.78, 5) is 30.9. The molecule has 2 aromatic heterocycles. The summed E-state index contributed by atoms with van der Waals surface area (Å²) in [7, 11) is 1.92. The van der Waals surface area contributed by atoms with E-state index in [-0.39, 0.29) is 17.4 Å². The third kappa shape index (κ3) is 3.27. The van der Waals surface area contributed by atoms with Crippen LogP contribution in [0.25, 0.3) is 0 Å². The van der Waals surface area contributed by atoms with Crippen molar-refractivity contribution in [2.75, 3.05) is 26.2 Å². The van der Waals surface area contributed by atoms with Gasteiger partial charge in [-0.2, -0.15) is 0 Å². The SMILES string of the molecule is Cn1cccc1C(=O)N1C[C@@H]2C[C@H](C1)c1ccc(CN3C[C@H]4CCC[C@H]4C3)c(=O)n1C2. The summed E-state index contributed by atoms with van der Waals surface area (Å²) < 4.78 is 3.93. The molecule has 4 aliphatic rings. The Morgan fingerprint density at radius 3 is 2.58 bits per heavy atom. The second kappa shape index (κ2) is 7.37. The number of rotatable bonds is 3. The van der Waals surface area contributed by atoms with E-state index in [1.165, 1.54) is 19.3 Å². The number of hydrogen-bond acceptors (Lipinski definition) is 3. The molecule has 1 aliphatic carbocycles. The molecule has 6 nitrogen and oxygen atoms in total. The van der Waals surface area contributed by atoms with Gasteiger partial charge >= 0.3 is 0 Å². The molecule has 1 saturated carbocycles. The van der Waals surface area contributed by atoms with E-state index in [0.717, 1.165) is 67.9 Å². The van der Waals surface area contributed by atoms with E-state index < -0.39 is 0 Å². The number of amides is 1. The largest absolute Gasteiger partial charge is 0.347 e. The molecule has 3 aliphatic heterocycles. The van der Waals surface area contributed by atoms with Crippen molar-refractivity contribution in [3.63, 3.8) is 0 Å². The number of nitrogens with zero attached hydrogens (tertiary/aromatic N) is 4. The number of carbonyl (C=O) groups excluding carboxylic acids is 1. The lowest BCUT2D eigenvalue weighted by Gasteiger charge is -2.43. The third-order valence-electron chi connectivity index (χ3n) is 8.33. The highest BCUT2D eigenvalue weighted by atomic mass is 16.2. The number of likely N-dealkylation sites (tertiary alicyclic amines) is 2. The molecule has 6 heteroatoms. The Bertz CT molecular complexity index is 1060. The average molecular weight is 421 g/mol. The molecule has 0 radical (unpaired) electrons. The minimum atomic E-state index is 0.106. The van der Waals surface area contributed by atoms with Crippen molar-refractivity contribution in [3.05, 3.63) is 57.8 Å². The molecule has 2 saturated heterocycles. The maximum Gasteiger partial charge on any atom is 0.270 e. The van der Waals surface area contributed by atoms with E-state index in [1.807, 2.05) is 39.4 Å². The predicted molar refractivity (Wildman–Crippen MR) is 119 cm³/mol. The Hall–Kier alpha value is -2.34. The van der Waals surface area contributed by atoms with Crippen molar-refractivity contribution in [3.8, 4) is 0 Å². The minimum Gasteiger partial charge on any atom is -0.347 e. The van der Waals surface area contributed by atoms with Crippen LogP contribution in [-0.2, 0) is 20.1 Å². The van der Waals surface area contributed by atoms with Gasteiger partial charge in [0.05, 0.1) is 0 Å². The van der Waals surface area contributed by atoms with Gasteiger partial charge in [-0.3, -0.25) is 14.5 Å². The number of aryl methyl sites for hydroxylation is 1. The molecule has 5 heterocycles. The lowest BCUT2D eigenvalue weighted by Crippen LogP contribution is -2.49. The monoisotopic (exact) mass is 420 g/mol. The maximum absolute atomic E-state index is 13.4. The molecular weight excluding hydrogens is 388 g/mol. The van der Waals surface area contributed by atoms with Crippen LogP contribution in [0.1, 0.15) is 53.3 Å². The Morgan fingerprint density at radius 1 is 1.03 bits per heavy atom. The van der Waals surface area contributed by atoms with Crippen LogP contribution in [0.5, 0.6) is 0 Å². The number of fused-ring (bicyclic) bond motifs is 5. The van der Waals surface area contributed by atoms with Crippen molar-refractivity contribution in [1.29, 1.82) is 0 Å². The second-order valence-corrected chi connectivity index (χ2v) is 10.4. The van der Waals surface area contributed by atoms with E-state index in [2.05, 4.69) is 17.0 Å². The van der Waals surface area contributed by atoms with Crippen molar-refractivity contribution in [2.24, 2.45) is 24.8 Å². The summed E-state index contributed by atoms with van der Waals surface area (Å²) in [6, 6.07) is 8.05. The number of carbonyl (C=O) groups is 1. The average Bonchev–Trinajstić information content (AvgIpc) is 3.46. The molecular formula is C25H32N4O2. The molecule has 4 atom stereocenters. The summed E-state index contributed by atoms with van der Waals surface area (Å²) >= 11 is 0. The number of aromatic nitrogens is 2. The molecule has 31 heavy (non-hydrogen) atoms. The van der Waals surface area contributed by atoms with Gasteiger partial charge in [-0.15, -0.1) is 0 Å². The van der Waals surface area contributed by atoms with E-state index in [9.17, 15) is 9.59 Å². The Kier molecular flexibility index (Phi) is 4.60. The van der Waals surface area contributed by atoms with E-state index in [4.69, 9.17) is 0 Å². The highest BCUT2D eigenvalue weighted by Crippen LogP contribution is 2.39. The van der Waals surface area contributed by atoms with Crippen LogP contribution >= 0.6 is 0 Å². The first-order valence-electron chi connectivity index (χ1n) is 11.9. The molecule has 2 bridgehead atoms. The minimum absolute atomic E-state index is 0.106. The molecule has 6 rings (SSSR count). The van der Waals surface area contributed by atoms with Crippen molar-refractivity contribution in [1.82, 2.24) is 18.9 Å². The molecule has 0 spiro atoms. The van der Waals surface area contributed by atoms with Gasteiger partial charge in [0, 0.05) is 69.7 Å². The van der Waals surface area contributed by atoms with E-state index >= 15 is 0 Å². The summed E-state index contributed by atoms with van der Waals surface area (Å²) in [5, 5.41) is 0. The van der Waals surface area contributed by atoms with Gasteiger partial charge in [-0.05, 0) is 55.2 Å². The van der Waals surface area contributed by atoms with Crippen molar-refractivity contribution in [2.45, 2.75) is 44.7 Å². The molecule has 3 fully saturated rings. The van der Waals surface area contributed by atoms with Crippen LogP contribution in [0.3, 0.4) is 0 Å². The Morgan fingerprint density at radius 2 is 1.84 bits per heavy atom. The molecule has 1 amide bonds. The highest BCUT2D eigenvalue weighted by molar-refractivity contribution is 5.92. The van der Waals surface area contributed by atoms with Crippen molar-refractivity contribution >= 4 is 5.91 Å². The van der Waals surface area contributed by atoms with Crippen LogP contribution in [-0.4, -0.2) is 51.0 Å². The summed E-state index contributed by atoms with van der Waals surface area (Å²) in [5.41, 5.74) is 3.00. The van der Waals surface area contributed by atoms with Crippen LogP contribution in [0, 0.1) is 17.8 Å². The van der Waals surface area contributed by atoms with Crippen LogP contribution < -0.4 is 5.56 Å². The van der Waals surface area contributed by atoms with Gasteiger partial charge in [-0.25, -0.2) is 0 Å². The quantitative estimate of drug-likeness (QED) is 0.767. The topological polar surface area (TPSA) is 50.5 Å². The van der Waals surface area contributed by atoms with Gasteiger partial charge in [0.1, 0.15) is 5.69 Å². The first-order valence-corrected chi connectivity index (χ1v) is 11.9. The number of hydrogen-bond donors (Lipinski definition) is 0. The zero-order chi connectivity index (χ0) is 21.1. The summed E-state index contributed by atoms with van der Waals surface area (Å²) in [6.07, 6.45) is 7.11. The van der Waals surface area contributed by atoms with Gasteiger partial charge in [0.2, 0.25) is 0 Å². The van der Waals surface area contributed by atoms with Gasteiger partial charge in [-0.1, -0.05) is 12.5 Å². The maximum atomic E-state index is 13.4. The normalized spacial score (nSPS) is 29.8. The number of piperidine rings is 1. The Balaban J connectivity index is 1.21. The highest BCUT2D eigenvalue weighted by Gasteiger charge is 2.38. The Labute approximate surface area is 183 Å². The number of pyridine rings is 1. The summed E-state index contributed by atoms with van der Waals surface area (Å²) in [6.45, 7) is 5.29. The van der Waals surface area contributed by atoms with Gasteiger partial charge < -0.3 is 14.0 Å². The standard InChI is InChI=1S/C25H32N4O2/c1-26-9-3-6-23(26)25(31)28-11-17-10-21(16-28)22-8-7-20(24(30)29(22)12-17)15-27-13-18-4-2-5-19(18)14-27/h3,6-9,17-19,21H,2,4-5,10-16H2,1H3/t17-,18-,19+,21+/m0/s1. The van der Waals surface area contributed by atoms with Crippen LogP contribution in [0.4, 0.5) is 0 Å². The predicted octanol–water partition coefficient (Wildman–Crippen LogP) is 2.68. The fourth-order valence-electron chi connectivity index (χ4n) is 6.82. The van der Waals surface area contributed by atoms with E-state index in [1.54, 1.807) is 0 Å². The first-order chi connectivity index (χ1) is 15.1. The van der Waals surface area contributed by atoms with Crippen molar-refractivity contribution < 1.29 is 4.79 Å². The van der Waals surface area contributed by atoms with Gasteiger partial charge in [0.25, 0.3) is 11.5 Å². The lowest BCUT2D eigenvalue weighted by molar-refractivity contribution is 0.0584. The summed E-state index contributed by atoms with van der Waals surface area (Å²) in [5.74, 6) is 2.42. The third-order valence-corrected chi connectivity index (χ3v) is 8.33. The van der Waals surface area contributed by atoms with Crippen LogP contribution in [0.2, 0.25) is 0 Å². The fraction of sp³-hybridized carbons (Fsp3) is 0.600. The molecule has 0 aromatic carbocycles. The lowest BCUT2D eigenvalue weighted by atomic mass is 9.83. The molecule has 2 aromatic rings. The zero-order valence-corrected chi connectivity index (χ0v) is 18.4. The van der Waals surface area contributed by atoms with E-state index in [0.29, 0.717) is 12.5 Å². The zero-order valence-electron chi connectivity index (χ0n) is 18.4. The van der Waals surface area contributed by atoms with Crippen LogP contribution in [0.15, 0.2) is 35.3 Å². The molecule has 164 valence electrons. The smallest absolute Gasteiger partial charge is 0.270 e. The van der Waals surface area contributed by atoms with Gasteiger partial charge in [0.15, 0.2) is 0 Å². The molecule has 0 N–H and O–H groups in total.